The lowest BCUT2D eigenvalue weighted by Crippen LogP contribution is -2.41. The molecule has 3 heterocycles. The van der Waals surface area contributed by atoms with Crippen molar-refractivity contribution in [2.45, 2.75) is 46.0 Å². The number of hydrogen-bond acceptors (Lipinski definition) is 8. The molecule has 0 atom stereocenters. The van der Waals surface area contributed by atoms with E-state index < -0.39 is 47.5 Å². The average Bonchev–Trinajstić information content (AvgIpc) is 3.52. The number of anilines is 1. The van der Waals surface area contributed by atoms with E-state index in [0.717, 1.165) is 16.8 Å². The summed E-state index contributed by atoms with van der Waals surface area (Å²) in [6.45, 7) is 6.21. The number of halogens is 4. The van der Waals surface area contributed by atoms with Gasteiger partial charge in [-0.1, -0.05) is 0 Å². The predicted molar refractivity (Wildman–Crippen MR) is 134 cm³/mol. The van der Waals surface area contributed by atoms with Gasteiger partial charge >= 0.3 is 6.18 Å². The largest absolute Gasteiger partial charge is 0.453 e. The van der Waals surface area contributed by atoms with E-state index in [1.807, 2.05) is 6.07 Å². The van der Waals surface area contributed by atoms with Crippen LogP contribution in [-0.4, -0.2) is 52.3 Å². The van der Waals surface area contributed by atoms with Crippen molar-refractivity contribution in [3.8, 4) is 11.9 Å². The van der Waals surface area contributed by atoms with E-state index in [2.05, 4.69) is 36.2 Å². The lowest BCUT2D eigenvalue weighted by atomic mass is 10.0. The molecule has 0 bridgehead atoms. The summed E-state index contributed by atoms with van der Waals surface area (Å²) >= 11 is 0. The Bertz CT molecular complexity index is 1680. The second kappa shape index (κ2) is 10.8. The number of nitriles is 1. The van der Waals surface area contributed by atoms with E-state index >= 15 is 0 Å². The monoisotopic (exact) mass is 570 g/mol. The van der Waals surface area contributed by atoms with Crippen molar-refractivity contribution in [2.24, 2.45) is 0 Å². The Labute approximate surface area is 230 Å². The Morgan fingerprint density at radius 2 is 1.85 bits per heavy atom. The van der Waals surface area contributed by atoms with Crippen molar-refractivity contribution < 1.29 is 27.2 Å². The first-order chi connectivity index (χ1) is 19.2. The van der Waals surface area contributed by atoms with Gasteiger partial charge in [0, 0.05) is 11.7 Å². The number of aryl methyl sites for hydroxylation is 1. The number of carbonyl (C=O) groups excluding carboxylic acids is 2. The molecule has 2 amide bonds. The third kappa shape index (κ3) is 6.35. The van der Waals surface area contributed by atoms with Crippen LogP contribution >= 0.6 is 0 Å². The molecule has 0 saturated carbocycles. The van der Waals surface area contributed by atoms with Crippen LogP contribution in [0.1, 0.15) is 64.3 Å². The molecule has 0 saturated heterocycles. The zero-order valence-electron chi connectivity index (χ0n) is 22.1. The van der Waals surface area contributed by atoms with Gasteiger partial charge in [-0.25, -0.2) is 18.7 Å². The maximum atomic E-state index is 14.7. The molecule has 1 aromatic carbocycles. The average molecular weight is 571 g/mol. The fraction of sp³-hybridized carbons (Fsp3) is 0.280. The number of hydrogen-bond donors (Lipinski definition) is 2. The number of tetrazole rings is 1. The van der Waals surface area contributed by atoms with Crippen LogP contribution in [0.4, 0.5) is 23.2 Å². The van der Waals surface area contributed by atoms with E-state index in [0.29, 0.717) is 10.2 Å². The summed E-state index contributed by atoms with van der Waals surface area (Å²) in [5.74, 6) is -4.13. The molecule has 0 unspecified atom stereocenters. The highest BCUT2D eigenvalue weighted by molar-refractivity contribution is 6.09. The van der Waals surface area contributed by atoms with Crippen molar-refractivity contribution in [1.29, 1.82) is 5.26 Å². The summed E-state index contributed by atoms with van der Waals surface area (Å²) in [5.41, 5.74) is -0.496. The van der Waals surface area contributed by atoms with Crippen molar-refractivity contribution in [2.75, 3.05) is 5.32 Å². The maximum absolute atomic E-state index is 14.7. The van der Waals surface area contributed by atoms with Gasteiger partial charge in [-0.15, -0.1) is 5.10 Å². The molecule has 0 aliphatic rings. The highest BCUT2D eigenvalue weighted by atomic mass is 19.4. The molecule has 4 aromatic rings. The molecule has 41 heavy (non-hydrogen) atoms. The zero-order valence-corrected chi connectivity index (χ0v) is 22.1. The van der Waals surface area contributed by atoms with Gasteiger partial charge in [0.15, 0.2) is 11.6 Å². The molecule has 0 aliphatic heterocycles. The third-order valence-electron chi connectivity index (χ3n) is 5.47. The maximum Gasteiger partial charge on any atom is 0.453 e. The number of rotatable bonds is 6. The molecule has 4 rings (SSSR count). The lowest BCUT2D eigenvalue weighted by Gasteiger charge is -2.22. The normalized spacial score (nSPS) is 11.7. The Hall–Kier alpha value is -5.20. The Morgan fingerprint density at radius 1 is 1.12 bits per heavy atom. The van der Waals surface area contributed by atoms with Gasteiger partial charge in [-0.05, 0) is 74.0 Å². The quantitative estimate of drug-likeness (QED) is 0.334. The van der Waals surface area contributed by atoms with E-state index in [9.17, 15) is 32.4 Å². The molecule has 0 radical (unpaired) electrons. The number of alkyl halides is 3. The second-order valence-electron chi connectivity index (χ2n) is 9.89. The summed E-state index contributed by atoms with van der Waals surface area (Å²) < 4.78 is 55.8. The first-order valence-corrected chi connectivity index (χ1v) is 11.9. The predicted octanol–water partition coefficient (Wildman–Crippen LogP) is 3.42. The molecular weight excluding hydrogens is 548 g/mol. The highest BCUT2D eigenvalue weighted by Gasteiger charge is 2.38. The summed E-state index contributed by atoms with van der Waals surface area (Å²) in [6.07, 6.45) is -3.62. The summed E-state index contributed by atoms with van der Waals surface area (Å²) in [7, 11) is 0. The van der Waals surface area contributed by atoms with Crippen LogP contribution in [0.2, 0.25) is 0 Å². The molecule has 0 spiro atoms. The van der Waals surface area contributed by atoms with E-state index in [1.54, 1.807) is 27.7 Å². The molecule has 16 heteroatoms. The van der Waals surface area contributed by atoms with Crippen LogP contribution in [-0.2, 0) is 12.7 Å². The summed E-state index contributed by atoms with van der Waals surface area (Å²) in [4.78, 5) is 30.6. The van der Waals surface area contributed by atoms with Crippen LogP contribution in [0.5, 0.6) is 0 Å². The van der Waals surface area contributed by atoms with E-state index in [4.69, 9.17) is 0 Å². The molecule has 3 aromatic heterocycles. The van der Waals surface area contributed by atoms with Gasteiger partial charge in [0.25, 0.3) is 17.6 Å². The Kier molecular flexibility index (Phi) is 7.55. The SMILES string of the molecule is Cc1cc(C#N)cc(C(=O)NC(C)(C)C)c1NC(=O)c1cc(Cn2nnnc2C(F)(F)F)nn1-c1ncccc1F. The van der Waals surface area contributed by atoms with Gasteiger partial charge in [-0.3, -0.25) is 9.59 Å². The first kappa shape index (κ1) is 28.8. The molecular formula is C25H22F4N10O2. The smallest absolute Gasteiger partial charge is 0.347 e. The van der Waals surface area contributed by atoms with Crippen LogP contribution in [0, 0.1) is 24.1 Å². The standard InChI is InChI=1S/C25H22F4N10O2/c1-13-8-14(11-30)9-16(21(40)33-24(2,3)4)19(13)32-22(41)18-10-15(12-38-23(25(27,28)29)34-36-37-38)35-39(18)20-17(26)6-5-7-31-20/h5-10H,12H2,1-4H3,(H,32,41)(H,33,40). The topological polar surface area (TPSA) is 156 Å². The van der Waals surface area contributed by atoms with Gasteiger partial charge in [-0.2, -0.15) is 23.5 Å². The van der Waals surface area contributed by atoms with Crippen LogP contribution in [0.3, 0.4) is 0 Å². The van der Waals surface area contributed by atoms with Crippen molar-refractivity contribution in [3.63, 3.8) is 0 Å². The van der Waals surface area contributed by atoms with Gasteiger partial charge in [0.2, 0.25) is 0 Å². The van der Waals surface area contributed by atoms with Crippen LogP contribution in [0.15, 0.2) is 36.5 Å². The molecule has 212 valence electrons. The van der Waals surface area contributed by atoms with E-state index in [-0.39, 0.29) is 28.2 Å². The van der Waals surface area contributed by atoms with Crippen LogP contribution in [0.25, 0.3) is 5.82 Å². The minimum absolute atomic E-state index is 0.0105. The number of nitrogens with one attached hydrogen (secondary N) is 2. The third-order valence-corrected chi connectivity index (χ3v) is 5.47. The minimum Gasteiger partial charge on any atom is -0.347 e. The van der Waals surface area contributed by atoms with Gasteiger partial charge in [0.05, 0.1) is 35.1 Å². The number of pyridine rings is 1. The van der Waals surface area contributed by atoms with Crippen molar-refractivity contribution in [3.05, 3.63) is 76.2 Å². The van der Waals surface area contributed by atoms with Crippen LogP contribution < -0.4 is 10.6 Å². The Morgan fingerprint density at radius 3 is 2.49 bits per heavy atom. The second-order valence-corrected chi connectivity index (χ2v) is 9.89. The van der Waals surface area contributed by atoms with Crippen molar-refractivity contribution in [1.82, 2.24) is 40.3 Å². The molecule has 0 aliphatic carbocycles. The number of aromatic nitrogens is 7. The fourth-order valence-electron chi connectivity index (χ4n) is 3.81. The highest BCUT2D eigenvalue weighted by Crippen LogP contribution is 2.28. The number of carbonyl (C=O) groups is 2. The number of amides is 2. The molecule has 2 N–H and O–H groups in total. The fourth-order valence-corrected chi connectivity index (χ4v) is 3.81. The summed E-state index contributed by atoms with van der Waals surface area (Å²) in [6, 6.07) is 8.22. The van der Waals surface area contributed by atoms with E-state index in [1.165, 1.54) is 24.4 Å². The lowest BCUT2D eigenvalue weighted by molar-refractivity contribution is -0.147. The number of nitrogens with zero attached hydrogens (tertiary/aromatic N) is 8. The number of benzene rings is 1. The van der Waals surface area contributed by atoms with Crippen molar-refractivity contribution >= 4 is 17.5 Å². The molecule has 12 nitrogen and oxygen atoms in total. The minimum atomic E-state index is -4.86. The zero-order chi connectivity index (χ0) is 30.1. The Balaban J connectivity index is 1.79. The van der Waals surface area contributed by atoms with Gasteiger partial charge < -0.3 is 10.6 Å². The first-order valence-electron chi connectivity index (χ1n) is 11.9. The molecule has 0 fully saturated rings. The van der Waals surface area contributed by atoms with Gasteiger partial charge in [0.1, 0.15) is 5.69 Å². The summed E-state index contributed by atoms with van der Waals surface area (Å²) in [5, 5.41) is 28.2.